The molecule has 2 saturated heterocycles. The molecule has 0 radical (unpaired) electrons. The number of hydrogen-bond donors (Lipinski definition) is 1. The van der Waals surface area contributed by atoms with Crippen molar-refractivity contribution < 1.29 is 4.79 Å². The lowest BCUT2D eigenvalue weighted by Crippen LogP contribution is -2.63. The predicted molar refractivity (Wildman–Crippen MR) is 75.0 cm³/mol. The number of nitrogens with one attached hydrogen (secondary N) is 1. The number of carbonyl (C=O) groups excluding carboxylic acids is 1. The van der Waals surface area contributed by atoms with Gasteiger partial charge in [-0.25, -0.2) is 9.99 Å². The van der Waals surface area contributed by atoms with E-state index >= 15 is 0 Å². The molecule has 6 heteroatoms. The molecular weight excluding hydrogens is 254 g/mol. The second-order valence-electron chi connectivity index (χ2n) is 5.56. The van der Waals surface area contributed by atoms with E-state index in [2.05, 4.69) is 20.3 Å². The zero-order valence-corrected chi connectivity index (χ0v) is 11.5. The standard InChI is InChI=1S/C14H19N5O/c20-13-11-5-4-6-15-12(11)19(14-16-7-10-18(13)14)17-8-2-1-3-9-17/h4-6,14,16H,1-3,7-10H2. The normalized spacial score (nSPS) is 26.6. The second kappa shape index (κ2) is 4.71. The fraction of sp³-hybridized carbons (Fsp3) is 0.571. The Bertz CT molecular complexity index is 528. The summed E-state index contributed by atoms with van der Waals surface area (Å²) in [7, 11) is 0. The topological polar surface area (TPSA) is 51.7 Å². The number of rotatable bonds is 1. The number of amides is 1. The molecule has 1 amide bonds. The molecule has 20 heavy (non-hydrogen) atoms. The maximum Gasteiger partial charge on any atom is 0.260 e. The van der Waals surface area contributed by atoms with Crippen LogP contribution in [-0.4, -0.2) is 53.3 Å². The first-order valence-corrected chi connectivity index (χ1v) is 7.40. The van der Waals surface area contributed by atoms with Crippen LogP contribution in [0.15, 0.2) is 18.3 Å². The summed E-state index contributed by atoms with van der Waals surface area (Å²) < 4.78 is 0. The lowest BCUT2D eigenvalue weighted by molar-refractivity contribution is 0.0585. The van der Waals surface area contributed by atoms with Gasteiger partial charge in [-0.1, -0.05) is 6.42 Å². The highest BCUT2D eigenvalue weighted by Crippen LogP contribution is 2.31. The van der Waals surface area contributed by atoms with Crippen molar-refractivity contribution in [1.29, 1.82) is 0 Å². The molecule has 1 N–H and O–H groups in total. The van der Waals surface area contributed by atoms with Crippen LogP contribution in [0, 0.1) is 0 Å². The smallest absolute Gasteiger partial charge is 0.260 e. The van der Waals surface area contributed by atoms with Crippen molar-refractivity contribution in [2.75, 3.05) is 31.2 Å². The Kier molecular flexibility index (Phi) is 2.85. The molecule has 0 aromatic carbocycles. The molecule has 0 bridgehead atoms. The minimum Gasteiger partial charge on any atom is -0.303 e. The average molecular weight is 273 g/mol. The summed E-state index contributed by atoms with van der Waals surface area (Å²) in [4.78, 5) is 18.9. The third-order valence-corrected chi connectivity index (χ3v) is 4.34. The fourth-order valence-electron chi connectivity index (χ4n) is 3.38. The van der Waals surface area contributed by atoms with Gasteiger partial charge in [-0.15, -0.1) is 0 Å². The van der Waals surface area contributed by atoms with E-state index in [9.17, 15) is 4.79 Å². The van der Waals surface area contributed by atoms with Crippen LogP contribution in [0.1, 0.15) is 29.6 Å². The number of piperidine rings is 1. The van der Waals surface area contributed by atoms with Gasteiger partial charge in [0.1, 0.15) is 0 Å². The van der Waals surface area contributed by atoms with E-state index in [-0.39, 0.29) is 12.2 Å². The number of carbonyl (C=O) groups is 1. The van der Waals surface area contributed by atoms with Gasteiger partial charge in [-0.3, -0.25) is 15.1 Å². The zero-order valence-electron chi connectivity index (χ0n) is 11.5. The molecule has 2 fully saturated rings. The van der Waals surface area contributed by atoms with Crippen molar-refractivity contribution in [3.8, 4) is 0 Å². The molecule has 4 heterocycles. The summed E-state index contributed by atoms with van der Waals surface area (Å²) in [6.07, 6.45) is 5.41. The van der Waals surface area contributed by atoms with Crippen molar-refractivity contribution in [3.05, 3.63) is 23.9 Å². The molecule has 0 saturated carbocycles. The van der Waals surface area contributed by atoms with Crippen molar-refractivity contribution in [2.45, 2.75) is 25.6 Å². The SMILES string of the molecule is O=C1c2cccnc2N(N2CCCCC2)C2NCCN12. The van der Waals surface area contributed by atoms with Crippen molar-refractivity contribution in [2.24, 2.45) is 0 Å². The van der Waals surface area contributed by atoms with Crippen LogP contribution in [0.5, 0.6) is 0 Å². The molecule has 3 aliphatic heterocycles. The van der Waals surface area contributed by atoms with Crippen molar-refractivity contribution in [3.63, 3.8) is 0 Å². The summed E-state index contributed by atoms with van der Waals surface area (Å²) in [6, 6.07) is 3.73. The van der Waals surface area contributed by atoms with Gasteiger partial charge in [0.2, 0.25) is 0 Å². The Morgan fingerprint density at radius 3 is 2.90 bits per heavy atom. The van der Waals surface area contributed by atoms with Crippen LogP contribution < -0.4 is 10.3 Å². The minimum atomic E-state index is -0.0667. The van der Waals surface area contributed by atoms with E-state index in [0.29, 0.717) is 0 Å². The van der Waals surface area contributed by atoms with Gasteiger partial charge < -0.3 is 4.90 Å². The molecule has 0 spiro atoms. The van der Waals surface area contributed by atoms with Crippen molar-refractivity contribution in [1.82, 2.24) is 20.2 Å². The molecule has 0 aliphatic carbocycles. The Balaban J connectivity index is 1.78. The Labute approximate surface area is 118 Å². The van der Waals surface area contributed by atoms with E-state index in [0.717, 1.165) is 37.6 Å². The highest BCUT2D eigenvalue weighted by molar-refractivity contribution is 6.01. The minimum absolute atomic E-state index is 0.0667. The highest BCUT2D eigenvalue weighted by Gasteiger charge is 2.43. The van der Waals surface area contributed by atoms with Gasteiger partial charge in [-0.05, 0) is 25.0 Å². The second-order valence-corrected chi connectivity index (χ2v) is 5.56. The van der Waals surface area contributed by atoms with E-state index in [4.69, 9.17) is 0 Å². The van der Waals surface area contributed by atoms with Crippen LogP contribution in [0.4, 0.5) is 5.82 Å². The first-order valence-electron chi connectivity index (χ1n) is 7.40. The number of anilines is 1. The molecular formula is C14H19N5O. The fourth-order valence-corrected chi connectivity index (χ4v) is 3.38. The van der Waals surface area contributed by atoms with Crippen LogP contribution in [0.2, 0.25) is 0 Å². The van der Waals surface area contributed by atoms with Crippen molar-refractivity contribution >= 4 is 11.7 Å². The number of hydrogen-bond acceptors (Lipinski definition) is 5. The van der Waals surface area contributed by atoms with Gasteiger partial charge in [-0.2, -0.15) is 0 Å². The Hall–Kier alpha value is -1.66. The van der Waals surface area contributed by atoms with Gasteiger partial charge >= 0.3 is 0 Å². The summed E-state index contributed by atoms with van der Waals surface area (Å²) in [5.74, 6) is 0.895. The third-order valence-electron chi connectivity index (χ3n) is 4.34. The summed E-state index contributed by atoms with van der Waals surface area (Å²) in [6.45, 7) is 3.68. The lowest BCUT2D eigenvalue weighted by Gasteiger charge is -2.47. The highest BCUT2D eigenvalue weighted by atomic mass is 16.2. The van der Waals surface area contributed by atoms with E-state index in [1.807, 2.05) is 17.0 Å². The molecule has 3 aliphatic rings. The van der Waals surface area contributed by atoms with Crippen LogP contribution >= 0.6 is 0 Å². The number of aromatic nitrogens is 1. The summed E-state index contributed by atoms with van der Waals surface area (Å²) >= 11 is 0. The maximum absolute atomic E-state index is 12.5. The van der Waals surface area contributed by atoms with Crippen LogP contribution in [-0.2, 0) is 0 Å². The van der Waals surface area contributed by atoms with Gasteiger partial charge in [0.05, 0.1) is 5.56 Å². The molecule has 1 aromatic heterocycles. The average Bonchev–Trinajstić information content (AvgIpc) is 2.98. The zero-order chi connectivity index (χ0) is 13.5. The van der Waals surface area contributed by atoms with E-state index in [1.54, 1.807) is 6.20 Å². The van der Waals surface area contributed by atoms with E-state index < -0.39 is 0 Å². The third kappa shape index (κ3) is 1.72. The number of pyridine rings is 1. The Morgan fingerprint density at radius 2 is 2.05 bits per heavy atom. The number of nitrogens with zero attached hydrogens (tertiary/aromatic N) is 4. The molecule has 6 nitrogen and oxygen atoms in total. The first kappa shape index (κ1) is 12.1. The number of fused-ring (bicyclic) bond motifs is 2. The van der Waals surface area contributed by atoms with Gasteiger partial charge in [0, 0.05) is 32.4 Å². The van der Waals surface area contributed by atoms with Crippen LogP contribution in [0.25, 0.3) is 0 Å². The Morgan fingerprint density at radius 1 is 1.20 bits per heavy atom. The molecule has 106 valence electrons. The monoisotopic (exact) mass is 273 g/mol. The van der Waals surface area contributed by atoms with Gasteiger partial charge in [0.15, 0.2) is 12.1 Å². The van der Waals surface area contributed by atoms with Crippen LogP contribution in [0.3, 0.4) is 0 Å². The largest absolute Gasteiger partial charge is 0.303 e. The van der Waals surface area contributed by atoms with Gasteiger partial charge in [0.25, 0.3) is 5.91 Å². The summed E-state index contributed by atoms with van der Waals surface area (Å²) in [5.41, 5.74) is 0.720. The summed E-state index contributed by atoms with van der Waals surface area (Å²) in [5, 5.41) is 7.97. The molecule has 1 atom stereocenters. The van der Waals surface area contributed by atoms with E-state index in [1.165, 1.54) is 19.3 Å². The lowest BCUT2D eigenvalue weighted by atomic mass is 10.1. The quantitative estimate of drug-likeness (QED) is 0.813. The molecule has 1 unspecified atom stereocenters. The maximum atomic E-state index is 12.5. The molecule has 1 aromatic rings. The molecule has 4 rings (SSSR count). The predicted octanol–water partition coefficient (Wildman–Crippen LogP) is 0.631. The first-order chi connectivity index (χ1) is 9.86. The number of hydrazine groups is 1.